The molecule has 0 radical (unpaired) electrons. The maximum Gasteiger partial charge on any atom is 0.171 e. The zero-order valence-electron chi connectivity index (χ0n) is 11.7. The monoisotopic (exact) mass is 284 g/mol. The average Bonchev–Trinajstić information content (AvgIpc) is 3.19. The van der Waals surface area contributed by atoms with E-state index in [2.05, 4.69) is 32.9 Å². The van der Waals surface area contributed by atoms with Crippen LogP contribution in [0.5, 0.6) is 0 Å². The Balaban J connectivity index is 1.87. The fraction of sp³-hybridized carbons (Fsp3) is 0.286. The van der Waals surface area contributed by atoms with E-state index in [-0.39, 0.29) is 0 Å². The molecule has 0 atom stereocenters. The third kappa shape index (κ3) is 2.97. The SMILES string of the molecule is CCCNCc1cnoc1-c1cccc(-n2cnnn2)c1. The Labute approximate surface area is 122 Å². The second-order valence-electron chi connectivity index (χ2n) is 4.66. The fourth-order valence-electron chi connectivity index (χ4n) is 2.09. The molecule has 0 spiro atoms. The van der Waals surface area contributed by atoms with Crippen LogP contribution in [-0.2, 0) is 6.54 Å². The van der Waals surface area contributed by atoms with Gasteiger partial charge in [0.05, 0.1) is 11.9 Å². The summed E-state index contributed by atoms with van der Waals surface area (Å²) in [6, 6.07) is 7.83. The van der Waals surface area contributed by atoms with Gasteiger partial charge in [0.1, 0.15) is 6.33 Å². The Hall–Kier alpha value is -2.54. The summed E-state index contributed by atoms with van der Waals surface area (Å²) < 4.78 is 7.01. The first kappa shape index (κ1) is 13.4. The van der Waals surface area contributed by atoms with Crippen molar-refractivity contribution in [2.75, 3.05) is 6.54 Å². The van der Waals surface area contributed by atoms with E-state index in [1.165, 1.54) is 0 Å². The van der Waals surface area contributed by atoms with E-state index >= 15 is 0 Å². The first-order valence-corrected chi connectivity index (χ1v) is 6.86. The Morgan fingerprint density at radius 1 is 1.33 bits per heavy atom. The van der Waals surface area contributed by atoms with Crippen molar-refractivity contribution in [3.63, 3.8) is 0 Å². The predicted octanol–water partition coefficient (Wildman–Crippen LogP) is 1.82. The Morgan fingerprint density at radius 2 is 2.29 bits per heavy atom. The molecule has 7 nitrogen and oxygen atoms in total. The van der Waals surface area contributed by atoms with Crippen LogP contribution in [0.2, 0.25) is 0 Å². The van der Waals surface area contributed by atoms with Crippen LogP contribution in [0.4, 0.5) is 0 Å². The molecule has 1 aromatic carbocycles. The number of hydrogen-bond donors (Lipinski definition) is 1. The van der Waals surface area contributed by atoms with Gasteiger partial charge in [0.15, 0.2) is 5.76 Å². The Bertz CT molecular complexity index is 691. The number of nitrogens with zero attached hydrogens (tertiary/aromatic N) is 5. The van der Waals surface area contributed by atoms with Crippen LogP contribution in [0.1, 0.15) is 18.9 Å². The molecular formula is C14H16N6O. The van der Waals surface area contributed by atoms with Gasteiger partial charge in [-0.25, -0.2) is 4.68 Å². The van der Waals surface area contributed by atoms with E-state index in [1.807, 2.05) is 24.3 Å². The normalized spacial score (nSPS) is 10.9. The molecule has 0 saturated carbocycles. The summed E-state index contributed by atoms with van der Waals surface area (Å²) in [4.78, 5) is 0. The van der Waals surface area contributed by atoms with Crippen LogP contribution in [0.15, 0.2) is 41.3 Å². The second kappa shape index (κ2) is 6.27. The number of tetrazole rings is 1. The molecule has 0 bridgehead atoms. The molecule has 0 aliphatic rings. The van der Waals surface area contributed by atoms with Gasteiger partial charge in [-0.2, -0.15) is 0 Å². The maximum atomic E-state index is 5.40. The molecule has 0 amide bonds. The van der Waals surface area contributed by atoms with Gasteiger partial charge in [0.25, 0.3) is 0 Å². The number of rotatable bonds is 6. The van der Waals surface area contributed by atoms with Crippen molar-refractivity contribution in [1.82, 2.24) is 30.7 Å². The molecule has 0 aliphatic carbocycles. The number of nitrogens with one attached hydrogen (secondary N) is 1. The van der Waals surface area contributed by atoms with Crippen molar-refractivity contribution in [3.05, 3.63) is 42.4 Å². The van der Waals surface area contributed by atoms with Gasteiger partial charge < -0.3 is 9.84 Å². The molecule has 0 saturated heterocycles. The minimum absolute atomic E-state index is 0.738. The summed E-state index contributed by atoms with van der Waals surface area (Å²) in [6.45, 7) is 3.84. The molecule has 2 heterocycles. The highest BCUT2D eigenvalue weighted by Gasteiger charge is 2.11. The predicted molar refractivity (Wildman–Crippen MR) is 76.6 cm³/mol. The van der Waals surface area contributed by atoms with E-state index in [4.69, 9.17) is 4.52 Å². The summed E-state index contributed by atoms with van der Waals surface area (Å²) in [6.07, 6.45) is 4.40. The van der Waals surface area contributed by atoms with Crippen LogP contribution >= 0.6 is 0 Å². The van der Waals surface area contributed by atoms with Crippen LogP contribution in [0, 0.1) is 0 Å². The summed E-state index contributed by atoms with van der Waals surface area (Å²) in [7, 11) is 0. The van der Waals surface area contributed by atoms with Crippen molar-refractivity contribution in [3.8, 4) is 17.0 Å². The molecule has 0 unspecified atom stereocenters. The molecule has 0 fully saturated rings. The highest BCUT2D eigenvalue weighted by Crippen LogP contribution is 2.25. The summed E-state index contributed by atoms with van der Waals surface area (Å²) in [5.74, 6) is 0.772. The lowest BCUT2D eigenvalue weighted by Gasteiger charge is -2.05. The van der Waals surface area contributed by atoms with Crippen LogP contribution in [0.3, 0.4) is 0 Å². The summed E-state index contributed by atoms with van der Waals surface area (Å²) in [5.41, 5.74) is 2.87. The van der Waals surface area contributed by atoms with Gasteiger partial charge >= 0.3 is 0 Å². The van der Waals surface area contributed by atoms with E-state index in [0.717, 1.165) is 42.1 Å². The van der Waals surface area contributed by atoms with Gasteiger partial charge in [-0.05, 0) is 35.5 Å². The van der Waals surface area contributed by atoms with Crippen molar-refractivity contribution in [2.24, 2.45) is 0 Å². The molecule has 3 aromatic rings. The number of benzene rings is 1. The molecule has 2 aromatic heterocycles. The summed E-state index contributed by atoms with van der Waals surface area (Å²) in [5, 5.41) is 18.4. The second-order valence-corrected chi connectivity index (χ2v) is 4.66. The summed E-state index contributed by atoms with van der Waals surface area (Å²) >= 11 is 0. The minimum atomic E-state index is 0.738. The first-order valence-electron chi connectivity index (χ1n) is 6.86. The number of aromatic nitrogens is 5. The highest BCUT2D eigenvalue weighted by atomic mass is 16.5. The van der Waals surface area contributed by atoms with Crippen molar-refractivity contribution >= 4 is 0 Å². The highest BCUT2D eigenvalue weighted by molar-refractivity contribution is 5.63. The standard InChI is InChI=1S/C14H16N6O/c1-2-6-15-8-12-9-17-21-14(12)11-4-3-5-13(7-11)20-10-16-18-19-20/h3-5,7,9-10,15H,2,6,8H2,1H3. The van der Waals surface area contributed by atoms with Gasteiger partial charge in [-0.15, -0.1) is 5.10 Å². The van der Waals surface area contributed by atoms with E-state index in [1.54, 1.807) is 17.2 Å². The van der Waals surface area contributed by atoms with Crippen molar-refractivity contribution in [1.29, 1.82) is 0 Å². The molecular weight excluding hydrogens is 268 g/mol. The first-order chi connectivity index (χ1) is 10.4. The van der Waals surface area contributed by atoms with Gasteiger partial charge in [0, 0.05) is 17.7 Å². The zero-order valence-corrected chi connectivity index (χ0v) is 11.7. The lowest BCUT2D eigenvalue weighted by molar-refractivity contribution is 0.431. The van der Waals surface area contributed by atoms with Crippen LogP contribution in [0.25, 0.3) is 17.0 Å². The molecule has 7 heteroatoms. The van der Waals surface area contributed by atoms with Crippen molar-refractivity contribution < 1.29 is 4.52 Å². The lowest BCUT2D eigenvalue weighted by atomic mass is 10.1. The molecule has 108 valence electrons. The third-order valence-electron chi connectivity index (χ3n) is 3.11. The lowest BCUT2D eigenvalue weighted by Crippen LogP contribution is -2.13. The largest absolute Gasteiger partial charge is 0.356 e. The average molecular weight is 284 g/mol. The van der Waals surface area contributed by atoms with E-state index < -0.39 is 0 Å². The van der Waals surface area contributed by atoms with E-state index in [9.17, 15) is 0 Å². The molecule has 0 aliphatic heterocycles. The third-order valence-corrected chi connectivity index (χ3v) is 3.11. The quantitative estimate of drug-likeness (QED) is 0.695. The van der Waals surface area contributed by atoms with Gasteiger partial charge in [-0.3, -0.25) is 0 Å². The molecule has 21 heavy (non-hydrogen) atoms. The molecule has 3 rings (SSSR count). The maximum absolute atomic E-state index is 5.40. The van der Waals surface area contributed by atoms with Crippen LogP contribution < -0.4 is 5.32 Å². The fourth-order valence-corrected chi connectivity index (χ4v) is 2.09. The minimum Gasteiger partial charge on any atom is -0.356 e. The van der Waals surface area contributed by atoms with Gasteiger partial charge in [-0.1, -0.05) is 24.2 Å². The van der Waals surface area contributed by atoms with E-state index in [0.29, 0.717) is 0 Å². The van der Waals surface area contributed by atoms with Crippen molar-refractivity contribution in [2.45, 2.75) is 19.9 Å². The topological polar surface area (TPSA) is 81.7 Å². The smallest absolute Gasteiger partial charge is 0.171 e. The molecule has 1 N–H and O–H groups in total. The number of hydrogen-bond acceptors (Lipinski definition) is 6. The van der Waals surface area contributed by atoms with Crippen LogP contribution in [-0.4, -0.2) is 31.9 Å². The van der Waals surface area contributed by atoms with Gasteiger partial charge in [0.2, 0.25) is 0 Å². The Kier molecular flexibility index (Phi) is 4.02. The zero-order chi connectivity index (χ0) is 14.5. The Morgan fingerprint density at radius 3 is 3.10 bits per heavy atom.